The predicted molar refractivity (Wildman–Crippen MR) is 68.0 cm³/mol. The number of benzene rings is 1. The SMILES string of the molecule is FC(F)(F)c1cc(SCc2ccccc2)nc(Cl)n1. The van der Waals surface area contributed by atoms with Crippen molar-refractivity contribution < 1.29 is 13.2 Å². The molecule has 0 radical (unpaired) electrons. The second-order valence-corrected chi connectivity index (χ2v) is 4.97. The number of aromatic nitrogens is 2. The number of nitrogens with zero attached hydrogens (tertiary/aromatic N) is 2. The predicted octanol–water partition coefficient (Wildman–Crippen LogP) is 4.44. The molecule has 0 unspecified atom stereocenters. The average molecular weight is 305 g/mol. The van der Waals surface area contributed by atoms with Crippen molar-refractivity contribution in [3.63, 3.8) is 0 Å². The average Bonchev–Trinajstić information content (AvgIpc) is 2.36. The van der Waals surface area contributed by atoms with Crippen LogP contribution in [0.2, 0.25) is 5.28 Å². The Morgan fingerprint density at radius 3 is 2.42 bits per heavy atom. The minimum atomic E-state index is -4.52. The lowest BCUT2D eigenvalue weighted by Gasteiger charge is -2.07. The van der Waals surface area contributed by atoms with E-state index in [4.69, 9.17) is 11.6 Å². The highest BCUT2D eigenvalue weighted by atomic mass is 35.5. The molecule has 19 heavy (non-hydrogen) atoms. The van der Waals surface area contributed by atoms with Gasteiger partial charge >= 0.3 is 6.18 Å². The van der Waals surface area contributed by atoms with E-state index in [1.807, 2.05) is 30.3 Å². The standard InChI is InChI=1S/C12H8ClF3N2S/c13-11-17-9(12(14,15)16)6-10(18-11)19-7-8-4-2-1-3-5-8/h1-6H,7H2. The molecule has 1 aromatic carbocycles. The molecule has 0 atom stereocenters. The van der Waals surface area contributed by atoms with Gasteiger partial charge in [0.05, 0.1) is 0 Å². The van der Waals surface area contributed by atoms with Crippen LogP contribution in [-0.4, -0.2) is 9.97 Å². The van der Waals surface area contributed by atoms with Crippen molar-refractivity contribution in [1.29, 1.82) is 0 Å². The van der Waals surface area contributed by atoms with Crippen LogP contribution in [0.4, 0.5) is 13.2 Å². The second-order valence-electron chi connectivity index (χ2n) is 3.63. The van der Waals surface area contributed by atoms with Gasteiger partial charge in [0.1, 0.15) is 5.03 Å². The first-order valence-corrected chi connectivity index (χ1v) is 6.60. The maximum absolute atomic E-state index is 12.6. The van der Waals surface area contributed by atoms with E-state index in [-0.39, 0.29) is 5.03 Å². The van der Waals surface area contributed by atoms with Gasteiger partial charge in [-0.2, -0.15) is 13.2 Å². The van der Waals surface area contributed by atoms with Crippen molar-refractivity contribution in [1.82, 2.24) is 9.97 Å². The van der Waals surface area contributed by atoms with Gasteiger partial charge in [0.15, 0.2) is 5.69 Å². The molecule has 0 amide bonds. The molecule has 1 aromatic heterocycles. The van der Waals surface area contributed by atoms with E-state index in [0.29, 0.717) is 5.75 Å². The van der Waals surface area contributed by atoms with Gasteiger partial charge in [0.25, 0.3) is 0 Å². The number of alkyl halides is 3. The maximum atomic E-state index is 12.6. The van der Waals surface area contributed by atoms with Crippen molar-refractivity contribution in [3.8, 4) is 0 Å². The van der Waals surface area contributed by atoms with Crippen LogP contribution in [-0.2, 0) is 11.9 Å². The third-order valence-corrected chi connectivity index (χ3v) is 3.35. The number of thioether (sulfide) groups is 1. The Bertz CT molecular complexity index is 561. The highest BCUT2D eigenvalue weighted by Gasteiger charge is 2.33. The molecule has 2 nitrogen and oxygen atoms in total. The molecule has 2 rings (SSSR count). The molecule has 0 fully saturated rings. The molecular weight excluding hydrogens is 297 g/mol. The summed E-state index contributed by atoms with van der Waals surface area (Å²) in [5.41, 5.74) is -0.0288. The zero-order valence-corrected chi connectivity index (χ0v) is 11.1. The molecule has 0 aliphatic heterocycles. The summed E-state index contributed by atoms with van der Waals surface area (Å²) in [6.45, 7) is 0. The van der Waals surface area contributed by atoms with Gasteiger partial charge < -0.3 is 0 Å². The zero-order valence-electron chi connectivity index (χ0n) is 9.49. The second kappa shape index (κ2) is 5.79. The van der Waals surface area contributed by atoms with E-state index < -0.39 is 17.2 Å². The summed E-state index contributed by atoms with van der Waals surface area (Å²) >= 11 is 6.68. The highest BCUT2D eigenvalue weighted by molar-refractivity contribution is 7.98. The third-order valence-electron chi connectivity index (χ3n) is 2.20. The molecule has 0 saturated heterocycles. The Hall–Kier alpha value is -1.27. The third kappa shape index (κ3) is 4.11. The highest BCUT2D eigenvalue weighted by Crippen LogP contribution is 2.31. The van der Waals surface area contributed by atoms with E-state index in [2.05, 4.69) is 9.97 Å². The van der Waals surface area contributed by atoms with Gasteiger partial charge in [0.2, 0.25) is 5.28 Å². The molecule has 0 aliphatic carbocycles. The Morgan fingerprint density at radius 2 is 1.79 bits per heavy atom. The smallest absolute Gasteiger partial charge is 0.213 e. The van der Waals surface area contributed by atoms with Gasteiger partial charge in [0, 0.05) is 11.8 Å². The van der Waals surface area contributed by atoms with E-state index in [1.165, 1.54) is 11.8 Å². The first kappa shape index (κ1) is 14.1. The van der Waals surface area contributed by atoms with Crippen LogP contribution in [0.1, 0.15) is 11.3 Å². The van der Waals surface area contributed by atoms with Crippen molar-refractivity contribution in [2.75, 3.05) is 0 Å². The fourth-order valence-electron chi connectivity index (χ4n) is 1.35. The van der Waals surface area contributed by atoms with Gasteiger partial charge in [-0.3, -0.25) is 0 Å². The van der Waals surface area contributed by atoms with Crippen LogP contribution >= 0.6 is 23.4 Å². The lowest BCUT2D eigenvalue weighted by Crippen LogP contribution is -2.09. The van der Waals surface area contributed by atoms with Crippen LogP contribution in [0.25, 0.3) is 0 Å². The van der Waals surface area contributed by atoms with E-state index in [0.717, 1.165) is 11.6 Å². The monoisotopic (exact) mass is 304 g/mol. The van der Waals surface area contributed by atoms with Crippen molar-refractivity contribution >= 4 is 23.4 Å². The van der Waals surface area contributed by atoms with Gasteiger partial charge in [-0.1, -0.05) is 30.3 Å². The topological polar surface area (TPSA) is 25.8 Å². The summed E-state index contributed by atoms with van der Waals surface area (Å²) < 4.78 is 37.7. The summed E-state index contributed by atoms with van der Waals surface area (Å²) in [6, 6.07) is 10.3. The molecule has 0 spiro atoms. The van der Waals surface area contributed by atoms with Crippen LogP contribution in [0.15, 0.2) is 41.4 Å². The Morgan fingerprint density at radius 1 is 1.11 bits per heavy atom. The minimum Gasteiger partial charge on any atom is -0.213 e. The fraction of sp³-hybridized carbons (Fsp3) is 0.167. The number of rotatable bonds is 3. The lowest BCUT2D eigenvalue weighted by atomic mass is 10.2. The summed E-state index contributed by atoms with van der Waals surface area (Å²) in [7, 11) is 0. The van der Waals surface area contributed by atoms with Gasteiger partial charge in [-0.25, -0.2) is 9.97 Å². The van der Waals surface area contributed by atoms with Gasteiger partial charge in [-0.15, -0.1) is 11.8 Å². The first-order chi connectivity index (χ1) is 8.95. The molecule has 100 valence electrons. The maximum Gasteiger partial charge on any atom is 0.433 e. The Balaban J connectivity index is 2.15. The fourth-order valence-corrected chi connectivity index (χ4v) is 2.43. The van der Waals surface area contributed by atoms with Crippen molar-refractivity contribution in [3.05, 3.63) is 52.9 Å². The van der Waals surface area contributed by atoms with Crippen LogP contribution in [0.5, 0.6) is 0 Å². The normalized spacial score (nSPS) is 11.6. The Labute approximate surface area is 117 Å². The van der Waals surface area contributed by atoms with Crippen LogP contribution in [0, 0.1) is 0 Å². The zero-order chi connectivity index (χ0) is 13.9. The number of hydrogen-bond acceptors (Lipinski definition) is 3. The largest absolute Gasteiger partial charge is 0.433 e. The summed E-state index contributed by atoms with van der Waals surface area (Å²) in [4.78, 5) is 6.96. The van der Waals surface area contributed by atoms with E-state index in [1.54, 1.807) is 0 Å². The summed E-state index contributed by atoms with van der Waals surface area (Å²) in [5, 5.41) is -0.193. The molecule has 1 heterocycles. The number of halogens is 4. The summed E-state index contributed by atoms with van der Waals surface area (Å²) in [6.07, 6.45) is -4.52. The number of hydrogen-bond donors (Lipinski definition) is 0. The molecule has 2 aromatic rings. The Kier molecular flexibility index (Phi) is 4.31. The van der Waals surface area contributed by atoms with Gasteiger partial charge in [-0.05, 0) is 17.2 Å². The molecule has 0 N–H and O–H groups in total. The van der Waals surface area contributed by atoms with E-state index in [9.17, 15) is 13.2 Å². The minimum absolute atomic E-state index is 0.205. The van der Waals surface area contributed by atoms with Crippen LogP contribution < -0.4 is 0 Å². The molecule has 7 heteroatoms. The van der Waals surface area contributed by atoms with Crippen molar-refractivity contribution in [2.45, 2.75) is 17.0 Å². The van der Waals surface area contributed by atoms with Crippen molar-refractivity contribution in [2.24, 2.45) is 0 Å². The lowest BCUT2D eigenvalue weighted by molar-refractivity contribution is -0.141. The van der Waals surface area contributed by atoms with Crippen LogP contribution in [0.3, 0.4) is 0 Å². The first-order valence-electron chi connectivity index (χ1n) is 5.23. The van der Waals surface area contributed by atoms with E-state index >= 15 is 0 Å². The summed E-state index contributed by atoms with van der Waals surface area (Å²) in [5.74, 6) is 0.519. The molecular formula is C12H8ClF3N2S. The quantitative estimate of drug-likeness (QED) is 0.476. The molecule has 0 saturated carbocycles. The molecule has 0 bridgehead atoms. The molecule has 0 aliphatic rings.